The van der Waals surface area contributed by atoms with Gasteiger partial charge < -0.3 is 10.6 Å². The number of halogens is 2. The highest BCUT2D eigenvalue weighted by Gasteiger charge is 2.40. The normalized spacial score (nSPS) is 22.7. The van der Waals surface area contributed by atoms with Gasteiger partial charge in [-0.15, -0.1) is 0 Å². The lowest BCUT2D eigenvalue weighted by atomic mass is 9.76. The minimum atomic E-state index is 0.0359. The van der Waals surface area contributed by atoms with Gasteiger partial charge in [-0.2, -0.15) is 0 Å². The molecular weight excluding hydrogens is 379 g/mol. The van der Waals surface area contributed by atoms with Gasteiger partial charge in [-0.1, -0.05) is 60.5 Å². The number of hydrogen-bond acceptors (Lipinski definition) is 2. The number of amides is 1. The van der Waals surface area contributed by atoms with Crippen LogP contribution in [-0.4, -0.2) is 5.91 Å². The Morgan fingerprint density at radius 1 is 1.19 bits per heavy atom. The summed E-state index contributed by atoms with van der Waals surface area (Å²) in [5, 5.41) is 8.13. The van der Waals surface area contributed by atoms with Gasteiger partial charge in [0.1, 0.15) is 0 Å². The van der Waals surface area contributed by atoms with Crippen LogP contribution in [0.2, 0.25) is 10.0 Å². The lowest BCUT2D eigenvalue weighted by Crippen LogP contribution is -2.30. The molecule has 2 aromatic carbocycles. The lowest BCUT2D eigenvalue weighted by Gasteiger charge is -2.39. The second kappa shape index (κ2) is 7.57. The Hall–Kier alpha value is -1.97. The van der Waals surface area contributed by atoms with E-state index < -0.39 is 0 Å². The van der Waals surface area contributed by atoms with Crippen LogP contribution >= 0.6 is 23.2 Å². The summed E-state index contributed by atoms with van der Waals surface area (Å²) in [6.07, 6.45) is 6.74. The molecule has 27 heavy (non-hydrogen) atoms. The van der Waals surface area contributed by atoms with Gasteiger partial charge in [0, 0.05) is 28.6 Å². The molecule has 0 saturated heterocycles. The van der Waals surface area contributed by atoms with E-state index in [1.807, 2.05) is 37.3 Å². The number of nitrogens with one attached hydrogen (secondary N) is 2. The summed E-state index contributed by atoms with van der Waals surface area (Å²) < 4.78 is 0. The Morgan fingerprint density at radius 3 is 2.78 bits per heavy atom. The summed E-state index contributed by atoms with van der Waals surface area (Å²) in [4.78, 5) is 12.2. The van der Waals surface area contributed by atoms with Gasteiger partial charge in [-0.25, -0.2) is 0 Å². The molecule has 3 atom stereocenters. The Kier molecular flexibility index (Phi) is 5.16. The van der Waals surface area contributed by atoms with Gasteiger partial charge in [0.05, 0.1) is 16.8 Å². The summed E-state index contributed by atoms with van der Waals surface area (Å²) in [5.41, 5.74) is 3.90. The van der Waals surface area contributed by atoms with E-state index in [0.717, 1.165) is 40.4 Å². The summed E-state index contributed by atoms with van der Waals surface area (Å²) in [5.74, 6) is 0.560. The highest BCUT2D eigenvalue weighted by molar-refractivity contribution is 6.34. The minimum absolute atomic E-state index is 0.0359. The molecule has 0 saturated carbocycles. The first-order valence-corrected chi connectivity index (χ1v) is 10.2. The van der Waals surface area contributed by atoms with Gasteiger partial charge >= 0.3 is 0 Å². The molecule has 1 aliphatic heterocycles. The van der Waals surface area contributed by atoms with Crippen molar-refractivity contribution in [1.29, 1.82) is 0 Å². The monoisotopic (exact) mass is 400 g/mol. The molecule has 3 nitrogen and oxygen atoms in total. The van der Waals surface area contributed by atoms with E-state index in [2.05, 4.69) is 28.9 Å². The molecule has 0 fully saturated rings. The third-order valence-electron chi connectivity index (χ3n) is 5.46. The fourth-order valence-corrected chi connectivity index (χ4v) is 4.73. The molecule has 140 valence electrons. The summed E-state index contributed by atoms with van der Waals surface area (Å²) in [6, 6.07) is 11.8. The molecule has 1 aliphatic carbocycles. The maximum Gasteiger partial charge on any atom is 0.224 e. The molecular formula is C22H22Cl2N2O. The van der Waals surface area contributed by atoms with Gasteiger partial charge in [0.2, 0.25) is 5.91 Å². The smallest absolute Gasteiger partial charge is 0.224 e. The number of benzene rings is 2. The highest BCUT2D eigenvalue weighted by atomic mass is 35.5. The molecule has 5 heteroatoms. The number of carbonyl (C=O) groups is 1. The number of hydrogen-bond donors (Lipinski definition) is 2. The van der Waals surface area contributed by atoms with Crippen molar-refractivity contribution in [2.45, 2.75) is 38.1 Å². The van der Waals surface area contributed by atoms with Crippen LogP contribution in [0.4, 0.5) is 11.4 Å². The van der Waals surface area contributed by atoms with Gasteiger partial charge in [-0.3, -0.25) is 4.79 Å². The molecule has 0 radical (unpaired) electrons. The molecule has 1 heterocycles. The van der Waals surface area contributed by atoms with E-state index in [1.165, 1.54) is 0 Å². The molecule has 0 spiro atoms. The Morgan fingerprint density at radius 2 is 2.00 bits per heavy atom. The van der Waals surface area contributed by atoms with E-state index in [-0.39, 0.29) is 17.9 Å². The number of fused-ring (bicyclic) bond motifs is 3. The van der Waals surface area contributed by atoms with Crippen LogP contribution in [0, 0.1) is 5.92 Å². The van der Waals surface area contributed by atoms with E-state index >= 15 is 0 Å². The maximum absolute atomic E-state index is 12.2. The van der Waals surface area contributed by atoms with Crippen molar-refractivity contribution in [2.75, 3.05) is 10.6 Å². The molecule has 2 aliphatic rings. The zero-order chi connectivity index (χ0) is 19.0. The van der Waals surface area contributed by atoms with Crippen molar-refractivity contribution < 1.29 is 4.79 Å². The van der Waals surface area contributed by atoms with Crippen molar-refractivity contribution in [2.24, 2.45) is 5.92 Å². The lowest BCUT2D eigenvalue weighted by molar-refractivity contribution is -0.116. The van der Waals surface area contributed by atoms with E-state index in [9.17, 15) is 4.79 Å². The van der Waals surface area contributed by atoms with Gasteiger partial charge in [0.15, 0.2) is 0 Å². The summed E-state index contributed by atoms with van der Waals surface area (Å²) >= 11 is 13.1. The predicted octanol–water partition coefficient (Wildman–Crippen LogP) is 6.56. The molecule has 1 amide bonds. The van der Waals surface area contributed by atoms with Crippen LogP contribution in [0.5, 0.6) is 0 Å². The molecule has 0 bridgehead atoms. The van der Waals surface area contributed by atoms with Crippen LogP contribution in [0.1, 0.15) is 49.3 Å². The Balaban J connectivity index is 1.78. The first-order valence-electron chi connectivity index (χ1n) is 9.40. The second-order valence-electron chi connectivity index (χ2n) is 7.18. The van der Waals surface area contributed by atoms with Crippen molar-refractivity contribution in [3.63, 3.8) is 0 Å². The van der Waals surface area contributed by atoms with E-state index in [1.54, 1.807) is 0 Å². The quantitative estimate of drug-likeness (QED) is 0.570. The van der Waals surface area contributed by atoms with E-state index in [0.29, 0.717) is 17.4 Å². The largest absolute Gasteiger partial charge is 0.376 e. The molecule has 2 aromatic rings. The topological polar surface area (TPSA) is 41.1 Å². The molecule has 4 rings (SSSR count). The fourth-order valence-electron chi connectivity index (χ4n) is 4.26. The highest BCUT2D eigenvalue weighted by Crippen LogP contribution is 2.54. The zero-order valence-corrected chi connectivity index (χ0v) is 16.6. The first-order chi connectivity index (χ1) is 13.1. The van der Waals surface area contributed by atoms with Gasteiger partial charge in [-0.05, 0) is 42.5 Å². The van der Waals surface area contributed by atoms with Crippen LogP contribution < -0.4 is 10.6 Å². The van der Waals surface area contributed by atoms with Crippen LogP contribution in [0.15, 0.2) is 48.6 Å². The van der Waals surface area contributed by atoms with Crippen LogP contribution in [0.3, 0.4) is 0 Å². The molecule has 2 N–H and O–H groups in total. The van der Waals surface area contributed by atoms with Gasteiger partial charge in [0.25, 0.3) is 0 Å². The second-order valence-corrected chi connectivity index (χ2v) is 7.99. The third-order valence-corrected chi connectivity index (χ3v) is 6.12. The zero-order valence-electron chi connectivity index (χ0n) is 15.1. The standard InChI is InChI=1S/C22H22Cl2N2O/c1-2-6-19(27)25-18-12-11-17(24)22-20(18)13-8-5-9-14(13)21(26-22)15-7-3-4-10-16(15)23/h3-5,7-8,10-14,21,26H,2,6,9H2,1H3,(H,25,27). The third kappa shape index (κ3) is 3.35. The molecule has 3 unspecified atom stereocenters. The minimum Gasteiger partial charge on any atom is -0.376 e. The van der Waals surface area contributed by atoms with Crippen molar-refractivity contribution in [3.05, 3.63) is 69.7 Å². The van der Waals surface area contributed by atoms with Crippen molar-refractivity contribution >= 4 is 40.5 Å². The fraction of sp³-hybridized carbons (Fsp3) is 0.318. The number of carbonyl (C=O) groups excluding carboxylic acids is 1. The first kappa shape index (κ1) is 18.4. The molecule has 0 aromatic heterocycles. The summed E-state index contributed by atoms with van der Waals surface area (Å²) in [6.45, 7) is 2.00. The Bertz CT molecular complexity index is 909. The van der Waals surface area contributed by atoms with Crippen LogP contribution in [-0.2, 0) is 4.79 Å². The van der Waals surface area contributed by atoms with E-state index in [4.69, 9.17) is 23.2 Å². The number of allylic oxidation sites excluding steroid dienone is 2. The number of anilines is 2. The Labute approximate surface area is 169 Å². The SMILES string of the molecule is CCCC(=O)Nc1ccc(Cl)c2c1C1C=CCC1C(c1ccccc1Cl)N2. The average Bonchev–Trinajstić information content (AvgIpc) is 3.14. The van der Waals surface area contributed by atoms with Crippen molar-refractivity contribution in [1.82, 2.24) is 0 Å². The maximum atomic E-state index is 12.2. The van der Waals surface area contributed by atoms with Crippen LogP contribution in [0.25, 0.3) is 0 Å². The predicted molar refractivity (Wildman–Crippen MR) is 113 cm³/mol. The van der Waals surface area contributed by atoms with Crippen molar-refractivity contribution in [3.8, 4) is 0 Å². The number of rotatable bonds is 4. The summed E-state index contributed by atoms with van der Waals surface area (Å²) in [7, 11) is 0. The average molecular weight is 401 g/mol.